The lowest BCUT2D eigenvalue weighted by molar-refractivity contribution is -0.145. The van der Waals surface area contributed by atoms with E-state index in [2.05, 4.69) is 15.5 Å². The van der Waals surface area contributed by atoms with Crippen LogP contribution in [0, 0.1) is 5.92 Å². The van der Waals surface area contributed by atoms with Gasteiger partial charge >= 0.3 is 5.97 Å². The van der Waals surface area contributed by atoms with Crippen molar-refractivity contribution in [2.45, 2.75) is 19.3 Å². The molecule has 0 spiro atoms. The predicted octanol–water partition coefficient (Wildman–Crippen LogP) is 0.528. The van der Waals surface area contributed by atoms with Gasteiger partial charge in [0.1, 0.15) is 6.33 Å². The molecule has 8 nitrogen and oxygen atoms in total. The van der Waals surface area contributed by atoms with Crippen LogP contribution in [0.25, 0.3) is 5.69 Å². The molecule has 120 valence electrons. The summed E-state index contributed by atoms with van der Waals surface area (Å²) in [5, 5.41) is 20.0. The van der Waals surface area contributed by atoms with Crippen LogP contribution in [0.2, 0.25) is 0 Å². The third kappa shape index (κ3) is 3.53. The molecule has 1 saturated heterocycles. The zero-order chi connectivity index (χ0) is 16.2. The lowest BCUT2D eigenvalue weighted by Crippen LogP contribution is -2.42. The Morgan fingerprint density at radius 3 is 2.70 bits per heavy atom. The molecule has 0 unspecified atom stereocenters. The van der Waals surface area contributed by atoms with Crippen LogP contribution >= 0.6 is 0 Å². The number of nitrogens with zero attached hydrogens (tertiary/aromatic N) is 5. The Bertz CT molecular complexity index is 684. The number of aliphatic carboxylic acids is 1. The number of likely N-dealkylation sites (tertiary alicyclic amines) is 1. The van der Waals surface area contributed by atoms with Gasteiger partial charge in [0.15, 0.2) is 0 Å². The molecule has 1 amide bonds. The number of tetrazole rings is 1. The van der Waals surface area contributed by atoms with Crippen molar-refractivity contribution in [3.05, 3.63) is 36.2 Å². The molecular weight excluding hydrogens is 298 g/mol. The minimum atomic E-state index is -0.826. The van der Waals surface area contributed by atoms with Crippen molar-refractivity contribution in [2.24, 2.45) is 5.92 Å². The van der Waals surface area contributed by atoms with Crippen molar-refractivity contribution >= 4 is 11.9 Å². The molecule has 3 rings (SSSR count). The van der Waals surface area contributed by atoms with Gasteiger partial charge in [-0.05, 0) is 41.0 Å². The van der Waals surface area contributed by atoms with Crippen molar-refractivity contribution in [2.75, 3.05) is 13.1 Å². The van der Waals surface area contributed by atoms with Crippen molar-refractivity contribution in [1.29, 1.82) is 0 Å². The molecule has 1 atom stereocenters. The Balaban J connectivity index is 1.62. The second-order valence-electron chi connectivity index (χ2n) is 5.61. The van der Waals surface area contributed by atoms with E-state index in [0.717, 1.165) is 17.7 Å². The lowest BCUT2D eigenvalue weighted by atomic mass is 9.97. The monoisotopic (exact) mass is 315 g/mol. The number of carboxylic acids is 1. The van der Waals surface area contributed by atoms with Crippen LogP contribution in [-0.2, 0) is 16.0 Å². The van der Waals surface area contributed by atoms with E-state index in [4.69, 9.17) is 5.11 Å². The first-order valence-electron chi connectivity index (χ1n) is 7.46. The third-order valence-electron chi connectivity index (χ3n) is 4.03. The van der Waals surface area contributed by atoms with E-state index in [0.29, 0.717) is 19.5 Å². The number of carboxylic acid groups (broad SMARTS) is 1. The molecule has 0 saturated carbocycles. The Kier molecular flexibility index (Phi) is 4.31. The number of rotatable bonds is 4. The van der Waals surface area contributed by atoms with Crippen LogP contribution in [0.3, 0.4) is 0 Å². The molecule has 1 aliphatic rings. The Morgan fingerprint density at radius 2 is 2.04 bits per heavy atom. The maximum absolute atomic E-state index is 12.3. The maximum atomic E-state index is 12.3. The molecule has 2 heterocycles. The number of hydrogen-bond acceptors (Lipinski definition) is 5. The standard InChI is InChI=1S/C15H17N5O3/c21-14(19-7-1-2-12(9-19)15(22)23)8-11-3-5-13(6-4-11)20-10-16-17-18-20/h3-6,10,12H,1-2,7-9H2,(H,22,23)/t12-/m0/s1. The first kappa shape index (κ1) is 15.1. The minimum Gasteiger partial charge on any atom is -0.481 e. The molecule has 0 radical (unpaired) electrons. The number of carbonyl (C=O) groups is 2. The number of amides is 1. The molecule has 1 aromatic heterocycles. The fourth-order valence-electron chi connectivity index (χ4n) is 2.74. The van der Waals surface area contributed by atoms with Gasteiger partial charge in [0, 0.05) is 13.1 Å². The van der Waals surface area contributed by atoms with Crippen LogP contribution in [0.4, 0.5) is 0 Å². The van der Waals surface area contributed by atoms with E-state index >= 15 is 0 Å². The average Bonchev–Trinajstić information content (AvgIpc) is 3.10. The second-order valence-corrected chi connectivity index (χ2v) is 5.61. The number of piperidine rings is 1. The van der Waals surface area contributed by atoms with E-state index in [1.54, 1.807) is 4.90 Å². The molecule has 1 N–H and O–H groups in total. The molecule has 0 aliphatic carbocycles. The van der Waals surface area contributed by atoms with E-state index < -0.39 is 11.9 Å². The highest BCUT2D eigenvalue weighted by atomic mass is 16.4. The minimum absolute atomic E-state index is 0.0360. The molecule has 1 aromatic carbocycles. The molecule has 23 heavy (non-hydrogen) atoms. The number of aromatic nitrogens is 4. The highest BCUT2D eigenvalue weighted by Crippen LogP contribution is 2.18. The quantitative estimate of drug-likeness (QED) is 0.883. The van der Waals surface area contributed by atoms with Crippen LogP contribution in [0.1, 0.15) is 18.4 Å². The fourth-order valence-corrected chi connectivity index (χ4v) is 2.74. The van der Waals surface area contributed by atoms with Crippen LogP contribution in [0.5, 0.6) is 0 Å². The van der Waals surface area contributed by atoms with Gasteiger partial charge in [-0.1, -0.05) is 12.1 Å². The first-order valence-corrected chi connectivity index (χ1v) is 7.46. The summed E-state index contributed by atoms with van der Waals surface area (Å²) in [6, 6.07) is 7.39. The van der Waals surface area contributed by atoms with Gasteiger partial charge in [-0.2, -0.15) is 0 Å². The van der Waals surface area contributed by atoms with E-state index in [1.165, 1.54) is 11.0 Å². The van der Waals surface area contributed by atoms with Gasteiger partial charge in [0.2, 0.25) is 5.91 Å². The summed E-state index contributed by atoms with van der Waals surface area (Å²) >= 11 is 0. The van der Waals surface area contributed by atoms with E-state index in [-0.39, 0.29) is 12.3 Å². The van der Waals surface area contributed by atoms with Crippen molar-refractivity contribution in [3.8, 4) is 5.69 Å². The van der Waals surface area contributed by atoms with Crippen LogP contribution < -0.4 is 0 Å². The number of carbonyl (C=O) groups excluding carboxylic acids is 1. The second kappa shape index (κ2) is 6.55. The van der Waals surface area contributed by atoms with Gasteiger partial charge in [0.05, 0.1) is 18.0 Å². The van der Waals surface area contributed by atoms with Gasteiger partial charge in [-0.15, -0.1) is 5.10 Å². The summed E-state index contributed by atoms with van der Waals surface area (Å²) in [5.74, 6) is -1.31. The summed E-state index contributed by atoms with van der Waals surface area (Å²) in [7, 11) is 0. The van der Waals surface area contributed by atoms with Crippen molar-refractivity contribution in [3.63, 3.8) is 0 Å². The molecular formula is C15H17N5O3. The summed E-state index contributed by atoms with van der Waals surface area (Å²) in [5.41, 5.74) is 1.69. The van der Waals surface area contributed by atoms with Gasteiger partial charge < -0.3 is 10.0 Å². The largest absolute Gasteiger partial charge is 0.481 e. The third-order valence-corrected chi connectivity index (χ3v) is 4.03. The van der Waals surface area contributed by atoms with Crippen LogP contribution in [-0.4, -0.2) is 55.2 Å². The van der Waals surface area contributed by atoms with Gasteiger partial charge in [0.25, 0.3) is 0 Å². The zero-order valence-electron chi connectivity index (χ0n) is 12.5. The van der Waals surface area contributed by atoms with Gasteiger partial charge in [-0.3, -0.25) is 9.59 Å². The SMILES string of the molecule is O=C(O)[C@H]1CCCN(C(=O)Cc2ccc(-n3cnnn3)cc2)C1. The van der Waals surface area contributed by atoms with E-state index in [9.17, 15) is 9.59 Å². The summed E-state index contributed by atoms with van der Waals surface area (Å²) < 4.78 is 1.54. The van der Waals surface area contributed by atoms with Crippen LogP contribution in [0.15, 0.2) is 30.6 Å². The molecule has 8 heteroatoms. The maximum Gasteiger partial charge on any atom is 0.308 e. The van der Waals surface area contributed by atoms with Crippen molar-refractivity contribution in [1.82, 2.24) is 25.1 Å². The average molecular weight is 315 g/mol. The number of benzene rings is 1. The summed E-state index contributed by atoms with van der Waals surface area (Å²) in [6.45, 7) is 0.933. The van der Waals surface area contributed by atoms with Gasteiger partial charge in [-0.25, -0.2) is 4.68 Å². The normalized spacial score (nSPS) is 17.9. The Hall–Kier alpha value is -2.77. The lowest BCUT2D eigenvalue weighted by Gasteiger charge is -2.30. The zero-order valence-corrected chi connectivity index (χ0v) is 12.5. The summed E-state index contributed by atoms with van der Waals surface area (Å²) in [4.78, 5) is 25.1. The van der Waals surface area contributed by atoms with Crippen molar-refractivity contribution < 1.29 is 14.7 Å². The fraction of sp³-hybridized carbons (Fsp3) is 0.400. The Morgan fingerprint density at radius 1 is 1.26 bits per heavy atom. The molecule has 2 aromatic rings. The summed E-state index contributed by atoms with van der Waals surface area (Å²) in [6.07, 6.45) is 3.14. The predicted molar refractivity (Wildman–Crippen MR) is 79.8 cm³/mol. The Labute approximate surface area is 132 Å². The topological polar surface area (TPSA) is 101 Å². The highest BCUT2D eigenvalue weighted by molar-refractivity contribution is 5.80. The first-order chi connectivity index (χ1) is 11.1. The van der Waals surface area contributed by atoms with E-state index in [1.807, 2.05) is 24.3 Å². The number of hydrogen-bond donors (Lipinski definition) is 1. The molecule has 0 bridgehead atoms. The highest BCUT2D eigenvalue weighted by Gasteiger charge is 2.27. The smallest absolute Gasteiger partial charge is 0.308 e. The molecule has 1 aliphatic heterocycles. The molecule has 1 fully saturated rings.